The van der Waals surface area contributed by atoms with E-state index in [1.165, 1.54) is 6.92 Å². The molecule has 1 atom stereocenters. The summed E-state index contributed by atoms with van der Waals surface area (Å²) in [4.78, 5) is 12.0. The summed E-state index contributed by atoms with van der Waals surface area (Å²) in [6.45, 7) is 1.51. The van der Waals surface area contributed by atoms with Crippen molar-refractivity contribution in [3.8, 4) is 0 Å². The molecule has 1 amide bonds. The van der Waals surface area contributed by atoms with Crippen LogP contribution in [0.5, 0.6) is 0 Å². The van der Waals surface area contributed by atoms with Crippen molar-refractivity contribution in [2.24, 2.45) is 0 Å². The molecular weight excluding hydrogens is 355 g/mol. The molecular formula is C12H11ClF3N5OS. The fourth-order valence-electron chi connectivity index (χ4n) is 1.54. The third-order valence-corrected chi connectivity index (χ3v) is 3.99. The number of anilines is 1. The Hall–Kier alpha value is -1.94. The molecule has 23 heavy (non-hydrogen) atoms. The number of nitrogens with two attached hydrogens (primary N) is 1. The number of hydrogen-bond acceptors (Lipinski definition) is 5. The summed E-state index contributed by atoms with van der Waals surface area (Å²) in [6, 6.07) is 6.40. The summed E-state index contributed by atoms with van der Waals surface area (Å²) >= 11 is 6.50. The minimum absolute atomic E-state index is 0.212. The third kappa shape index (κ3) is 4.29. The first-order valence-corrected chi connectivity index (χ1v) is 7.45. The van der Waals surface area contributed by atoms with Crippen LogP contribution in [0.15, 0.2) is 29.4 Å². The van der Waals surface area contributed by atoms with E-state index in [2.05, 4.69) is 15.5 Å². The van der Waals surface area contributed by atoms with Crippen molar-refractivity contribution in [1.29, 1.82) is 0 Å². The molecule has 6 nitrogen and oxygen atoms in total. The highest BCUT2D eigenvalue weighted by molar-refractivity contribution is 8.00. The standard InChI is InChI=1S/C12H11ClF3N5OS/c1-6(9(22)18-8-4-2-7(13)3-5-8)23-11-20-19-10(21(11)17)12(14,15)16/h2-6H,17H2,1H3,(H,18,22). The number of hydrogen-bond donors (Lipinski definition) is 2. The third-order valence-electron chi connectivity index (χ3n) is 2.68. The molecule has 1 aromatic carbocycles. The number of nitrogen functional groups attached to an aromatic ring is 1. The van der Waals surface area contributed by atoms with Crippen LogP contribution in [0.25, 0.3) is 0 Å². The highest BCUT2D eigenvalue weighted by Crippen LogP contribution is 2.30. The normalized spacial score (nSPS) is 12.9. The second kappa shape index (κ2) is 6.67. The van der Waals surface area contributed by atoms with E-state index in [1.54, 1.807) is 24.3 Å². The lowest BCUT2D eigenvalue weighted by atomic mass is 10.3. The summed E-state index contributed by atoms with van der Waals surface area (Å²) in [5.74, 6) is 3.56. The number of benzene rings is 1. The quantitative estimate of drug-likeness (QED) is 0.642. The largest absolute Gasteiger partial charge is 0.453 e. The molecule has 2 rings (SSSR count). The second-order valence-corrected chi connectivity index (χ2v) is 6.17. The fraction of sp³-hybridized carbons (Fsp3) is 0.250. The lowest BCUT2D eigenvalue weighted by Crippen LogP contribution is -2.25. The first-order chi connectivity index (χ1) is 10.7. The molecule has 1 heterocycles. The van der Waals surface area contributed by atoms with Gasteiger partial charge < -0.3 is 11.2 Å². The van der Waals surface area contributed by atoms with Crippen LogP contribution in [-0.4, -0.2) is 26.0 Å². The van der Waals surface area contributed by atoms with Crippen molar-refractivity contribution >= 4 is 35.0 Å². The number of carbonyl (C=O) groups excluding carboxylic acids is 1. The zero-order valence-corrected chi connectivity index (χ0v) is 13.2. The maximum Gasteiger partial charge on any atom is 0.453 e. The summed E-state index contributed by atoms with van der Waals surface area (Å²) in [5, 5.41) is 8.52. The molecule has 3 N–H and O–H groups in total. The lowest BCUT2D eigenvalue weighted by Gasteiger charge is -2.12. The number of carbonyl (C=O) groups is 1. The zero-order valence-electron chi connectivity index (χ0n) is 11.6. The van der Waals surface area contributed by atoms with Gasteiger partial charge in [0, 0.05) is 10.7 Å². The van der Waals surface area contributed by atoms with Gasteiger partial charge in [0.15, 0.2) is 0 Å². The van der Waals surface area contributed by atoms with E-state index in [1.807, 2.05) is 0 Å². The summed E-state index contributed by atoms with van der Waals surface area (Å²) in [7, 11) is 0. The van der Waals surface area contributed by atoms with Crippen LogP contribution < -0.4 is 11.2 Å². The molecule has 0 saturated heterocycles. The highest BCUT2D eigenvalue weighted by atomic mass is 35.5. The van der Waals surface area contributed by atoms with Gasteiger partial charge >= 0.3 is 6.18 Å². The number of nitrogens with one attached hydrogen (secondary N) is 1. The Balaban J connectivity index is 2.04. The van der Waals surface area contributed by atoms with Crippen LogP contribution in [0, 0.1) is 0 Å². The van der Waals surface area contributed by atoms with Gasteiger partial charge in [0.25, 0.3) is 5.82 Å². The Labute approximate surface area is 138 Å². The van der Waals surface area contributed by atoms with E-state index in [4.69, 9.17) is 17.4 Å². The van der Waals surface area contributed by atoms with E-state index in [-0.39, 0.29) is 5.16 Å². The van der Waals surface area contributed by atoms with Crippen LogP contribution in [-0.2, 0) is 11.0 Å². The molecule has 124 valence electrons. The van der Waals surface area contributed by atoms with Gasteiger partial charge in [-0.25, -0.2) is 4.68 Å². The maximum atomic E-state index is 12.6. The van der Waals surface area contributed by atoms with E-state index < -0.39 is 23.2 Å². The molecule has 0 bridgehead atoms. The smallest absolute Gasteiger partial charge is 0.335 e. The number of alkyl halides is 3. The molecule has 0 aliphatic carbocycles. The van der Waals surface area contributed by atoms with Crippen molar-refractivity contribution in [2.75, 3.05) is 11.2 Å². The first-order valence-electron chi connectivity index (χ1n) is 6.19. The predicted molar refractivity (Wildman–Crippen MR) is 80.6 cm³/mol. The number of amides is 1. The van der Waals surface area contributed by atoms with Crippen LogP contribution in [0.4, 0.5) is 18.9 Å². The minimum Gasteiger partial charge on any atom is -0.335 e. The van der Waals surface area contributed by atoms with Crippen molar-refractivity contribution < 1.29 is 18.0 Å². The van der Waals surface area contributed by atoms with E-state index in [0.29, 0.717) is 15.4 Å². The van der Waals surface area contributed by atoms with E-state index in [0.717, 1.165) is 11.8 Å². The van der Waals surface area contributed by atoms with Crippen molar-refractivity contribution in [1.82, 2.24) is 14.9 Å². The Morgan fingerprint density at radius 1 is 1.35 bits per heavy atom. The zero-order chi connectivity index (χ0) is 17.2. The fourth-order valence-corrected chi connectivity index (χ4v) is 2.44. The molecule has 0 aliphatic rings. The minimum atomic E-state index is -4.71. The molecule has 1 unspecified atom stereocenters. The summed E-state index contributed by atoms with van der Waals surface area (Å²) in [6.07, 6.45) is -4.71. The number of rotatable bonds is 4. The van der Waals surface area contributed by atoms with Gasteiger partial charge in [0.05, 0.1) is 5.25 Å². The van der Waals surface area contributed by atoms with E-state index >= 15 is 0 Å². The number of halogens is 4. The van der Waals surface area contributed by atoms with Crippen LogP contribution in [0.1, 0.15) is 12.7 Å². The predicted octanol–water partition coefficient (Wildman–Crippen LogP) is 2.78. The number of nitrogens with zero attached hydrogens (tertiary/aromatic N) is 3. The molecule has 0 aliphatic heterocycles. The lowest BCUT2D eigenvalue weighted by molar-refractivity contribution is -0.146. The number of aromatic nitrogens is 3. The number of thioether (sulfide) groups is 1. The Morgan fingerprint density at radius 3 is 2.48 bits per heavy atom. The van der Waals surface area contributed by atoms with Crippen LogP contribution in [0.3, 0.4) is 0 Å². The Bertz CT molecular complexity index is 704. The van der Waals surface area contributed by atoms with E-state index in [9.17, 15) is 18.0 Å². The van der Waals surface area contributed by atoms with Crippen LogP contribution in [0.2, 0.25) is 5.02 Å². The first kappa shape index (κ1) is 17.4. The van der Waals surface area contributed by atoms with Crippen molar-refractivity contribution in [2.45, 2.75) is 23.5 Å². The molecule has 0 fully saturated rings. The molecule has 1 aromatic heterocycles. The average Bonchev–Trinajstić information content (AvgIpc) is 2.82. The average molecular weight is 366 g/mol. The topological polar surface area (TPSA) is 85.8 Å². The van der Waals surface area contributed by atoms with Gasteiger partial charge in [-0.2, -0.15) is 13.2 Å². The SMILES string of the molecule is CC(Sc1nnc(C(F)(F)F)n1N)C(=O)Nc1ccc(Cl)cc1. The Kier molecular flexibility index (Phi) is 5.05. The summed E-state index contributed by atoms with van der Waals surface area (Å²) in [5.41, 5.74) is 0.511. The molecule has 0 saturated carbocycles. The molecule has 2 aromatic rings. The van der Waals surface area contributed by atoms with Gasteiger partial charge in [-0.05, 0) is 31.2 Å². The van der Waals surface area contributed by atoms with Gasteiger partial charge in [-0.1, -0.05) is 23.4 Å². The Morgan fingerprint density at radius 2 is 1.96 bits per heavy atom. The second-order valence-electron chi connectivity index (χ2n) is 4.43. The summed E-state index contributed by atoms with van der Waals surface area (Å²) < 4.78 is 38.0. The van der Waals surface area contributed by atoms with Crippen molar-refractivity contribution in [3.63, 3.8) is 0 Å². The van der Waals surface area contributed by atoms with Crippen LogP contribution >= 0.6 is 23.4 Å². The van der Waals surface area contributed by atoms with Gasteiger partial charge in [-0.3, -0.25) is 4.79 Å². The highest BCUT2D eigenvalue weighted by Gasteiger charge is 2.38. The van der Waals surface area contributed by atoms with Gasteiger partial charge in [0.2, 0.25) is 11.1 Å². The molecule has 11 heteroatoms. The molecule has 0 spiro atoms. The van der Waals surface area contributed by atoms with Crippen molar-refractivity contribution in [3.05, 3.63) is 35.1 Å². The molecule has 0 radical (unpaired) electrons. The van der Waals surface area contributed by atoms with Gasteiger partial charge in [-0.15, -0.1) is 10.2 Å². The monoisotopic (exact) mass is 365 g/mol. The maximum absolute atomic E-state index is 12.6. The van der Waals surface area contributed by atoms with Gasteiger partial charge in [0.1, 0.15) is 0 Å².